The van der Waals surface area contributed by atoms with E-state index in [0.29, 0.717) is 12.1 Å². The Bertz CT molecular complexity index is 1060. The van der Waals surface area contributed by atoms with E-state index in [0.717, 1.165) is 16.8 Å². The maximum atomic E-state index is 12.3. The number of rotatable bonds is 7. The second-order valence-corrected chi connectivity index (χ2v) is 8.92. The van der Waals surface area contributed by atoms with Crippen molar-refractivity contribution in [2.45, 2.75) is 31.6 Å². The van der Waals surface area contributed by atoms with Gasteiger partial charge in [-0.1, -0.05) is 36.4 Å². The molecule has 1 aromatic heterocycles. The number of benzene rings is 2. The zero-order valence-electron chi connectivity index (χ0n) is 15.6. The Kier molecular flexibility index (Phi) is 6.11. The van der Waals surface area contributed by atoms with Crippen molar-refractivity contribution >= 4 is 38.1 Å². The number of amides is 1. The number of sulfonamides is 1. The molecule has 0 spiro atoms. The van der Waals surface area contributed by atoms with Gasteiger partial charge < -0.3 is 5.32 Å². The summed E-state index contributed by atoms with van der Waals surface area (Å²) in [5.74, 6) is -0.100. The van der Waals surface area contributed by atoms with Crippen LogP contribution in [0.5, 0.6) is 0 Å². The number of thiazole rings is 1. The lowest BCUT2D eigenvalue weighted by molar-refractivity contribution is -0.116. The summed E-state index contributed by atoms with van der Waals surface area (Å²) in [6.07, 6.45) is 0.697. The highest BCUT2D eigenvalue weighted by atomic mass is 32.2. The normalized spacial score (nSPS) is 11.2. The van der Waals surface area contributed by atoms with Crippen LogP contribution in [0.4, 0.5) is 10.8 Å². The van der Waals surface area contributed by atoms with E-state index in [2.05, 4.69) is 15.0 Å². The first-order valence-electron chi connectivity index (χ1n) is 8.73. The average Bonchev–Trinajstić information content (AvgIpc) is 3.10. The Labute approximate surface area is 168 Å². The Hall–Kier alpha value is -2.71. The highest BCUT2D eigenvalue weighted by Gasteiger charge is 2.16. The van der Waals surface area contributed by atoms with E-state index in [1.807, 2.05) is 32.0 Å². The summed E-state index contributed by atoms with van der Waals surface area (Å²) in [5, 5.41) is 4.99. The summed E-state index contributed by atoms with van der Waals surface area (Å²) >= 11 is 1.20. The second kappa shape index (κ2) is 8.53. The average molecular weight is 416 g/mol. The molecular weight excluding hydrogens is 394 g/mol. The Morgan fingerprint density at radius 3 is 2.39 bits per heavy atom. The predicted molar refractivity (Wildman–Crippen MR) is 112 cm³/mol. The fourth-order valence-electron chi connectivity index (χ4n) is 2.70. The summed E-state index contributed by atoms with van der Waals surface area (Å²) in [6, 6.07) is 14.0. The topological polar surface area (TPSA) is 88.2 Å². The van der Waals surface area contributed by atoms with Crippen LogP contribution in [0.2, 0.25) is 0 Å². The van der Waals surface area contributed by atoms with E-state index in [1.54, 1.807) is 23.6 Å². The molecule has 8 heteroatoms. The molecule has 6 nitrogen and oxygen atoms in total. The van der Waals surface area contributed by atoms with Gasteiger partial charge >= 0.3 is 0 Å². The molecule has 0 aliphatic heterocycles. The molecular formula is C20H21N3O3S2. The monoisotopic (exact) mass is 415 g/mol. The third-order valence-electron chi connectivity index (χ3n) is 4.18. The first-order valence-corrected chi connectivity index (χ1v) is 11.1. The summed E-state index contributed by atoms with van der Waals surface area (Å²) in [7, 11) is -3.66. The van der Waals surface area contributed by atoms with Crippen LogP contribution in [0.3, 0.4) is 0 Å². The summed E-state index contributed by atoms with van der Waals surface area (Å²) in [4.78, 5) is 16.7. The zero-order chi connectivity index (χ0) is 20.1. The van der Waals surface area contributed by atoms with E-state index in [-0.39, 0.29) is 22.4 Å². The van der Waals surface area contributed by atoms with E-state index in [4.69, 9.17) is 0 Å². The first-order chi connectivity index (χ1) is 13.3. The van der Waals surface area contributed by atoms with Gasteiger partial charge in [0.15, 0.2) is 5.13 Å². The molecule has 3 aromatic rings. The lowest BCUT2D eigenvalue weighted by atomic mass is 10.1. The molecule has 1 amide bonds. The SMILES string of the molecule is Cc1cccc(C)c1NC(=O)CCc1csc(NS(=O)(=O)c2ccccc2)n1. The van der Waals surface area contributed by atoms with E-state index >= 15 is 0 Å². The second-order valence-electron chi connectivity index (χ2n) is 6.38. The Morgan fingerprint density at radius 2 is 1.71 bits per heavy atom. The van der Waals surface area contributed by atoms with Crippen molar-refractivity contribution in [1.29, 1.82) is 0 Å². The molecule has 146 valence electrons. The molecule has 0 saturated heterocycles. The highest BCUT2D eigenvalue weighted by molar-refractivity contribution is 7.93. The van der Waals surface area contributed by atoms with Gasteiger partial charge in [-0.15, -0.1) is 11.3 Å². The number of para-hydroxylation sites is 1. The maximum Gasteiger partial charge on any atom is 0.263 e. The van der Waals surface area contributed by atoms with E-state index < -0.39 is 10.0 Å². The van der Waals surface area contributed by atoms with Crippen LogP contribution in [0, 0.1) is 13.8 Å². The standard InChI is InChI=1S/C20H21N3O3S2/c1-14-7-6-8-15(2)19(14)22-18(24)12-11-16-13-27-20(21-16)23-28(25,26)17-9-4-3-5-10-17/h3-10,13H,11-12H2,1-2H3,(H,21,23)(H,22,24). The number of carbonyl (C=O) groups excluding carboxylic acids is 1. The molecule has 28 heavy (non-hydrogen) atoms. The molecule has 2 N–H and O–H groups in total. The smallest absolute Gasteiger partial charge is 0.263 e. The van der Waals surface area contributed by atoms with Gasteiger partial charge in [0.25, 0.3) is 10.0 Å². The van der Waals surface area contributed by atoms with Gasteiger partial charge in [0, 0.05) is 17.5 Å². The van der Waals surface area contributed by atoms with Crippen LogP contribution in [0.15, 0.2) is 58.8 Å². The van der Waals surface area contributed by atoms with Gasteiger partial charge in [0.2, 0.25) is 5.91 Å². The third-order valence-corrected chi connectivity index (χ3v) is 6.47. The van der Waals surface area contributed by atoms with Gasteiger partial charge in [-0.25, -0.2) is 13.4 Å². The van der Waals surface area contributed by atoms with Crippen molar-refractivity contribution in [2.24, 2.45) is 0 Å². The third kappa shape index (κ3) is 4.96. The van der Waals surface area contributed by atoms with Crippen molar-refractivity contribution in [3.05, 3.63) is 70.7 Å². The molecule has 3 rings (SSSR count). The number of aryl methyl sites for hydroxylation is 3. The molecule has 2 aromatic carbocycles. The summed E-state index contributed by atoms with van der Waals surface area (Å²) < 4.78 is 27.1. The minimum Gasteiger partial charge on any atom is -0.326 e. The molecule has 1 heterocycles. The minimum atomic E-state index is -3.66. The van der Waals surface area contributed by atoms with Crippen LogP contribution in [-0.2, 0) is 21.2 Å². The largest absolute Gasteiger partial charge is 0.326 e. The zero-order valence-corrected chi connectivity index (χ0v) is 17.2. The lowest BCUT2D eigenvalue weighted by Crippen LogP contribution is -2.14. The van der Waals surface area contributed by atoms with Crippen LogP contribution >= 0.6 is 11.3 Å². The van der Waals surface area contributed by atoms with Crippen LogP contribution < -0.4 is 10.0 Å². The van der Waals surface area contributed by atoms with Crippen LogP contribution in [-0.4, -0.2) is 19.3 Å². The van der Waals surface area contributed by atoms with Crippen molar-refractivity contribution in [3.63, 3.8) is 0 Å². The number of anilines is 2. The van der Waals surface area contributed by atoms with Gasteiger partial charge in [-0.2, -0.15) is 0 Å². The van der Waals surface area contributed by atoms with Gasteiger partial charge in [-0.05, 0) is 43.5 Å². The van der Waals surface area contributed by atoms with Crippen LogP contribution in [0.25, 0.3) is 0 Å². The number of aromatic nitrogens is 1. The highest BCUT2D eigenvalue weighted by Crippen LogP contribution is 2.22. The molecule has 0 fully saturated rings. The number of nitrogens with one attached hydrogen (secondary N) is 2. The fourth-order valence-corrected chi connectivity index (χ4v) is 4.72. The molecule has 0 unspecified atom stereocenters. The quantitative estimate of drug-likeness (QED) is 0.607. The van der Waals surface area contributed by atoms with Crippen LogP contribution in [0.1, 0.15) is 23.2 Å². The minimum absolute atomic E-state index is 0.100. The predicted octanol–water partition coefficient (Wildman–Crippen LogP) is 4.13. The number of nitrogens with zero attached hydrogens (tertiary/aromatic N) is 1. The molecule has 0 radical (unpaired) electrons. The van der Waals surface area contributed by atoms with Crippen molar-refractivity contribution in [1.82, 2.24) is 4.98 Å². The maximum absolute atomic E-state index is 12.3. The molecule has 0 saturated carbocycles. The van der Waals surface area contributed by atoms with E-state index in [9.17, 15) is 13.2 Å². The molecule has 0 aliphatic rings. The number of hydrogen-bond donors (Lipinski definition) is 2. The Morgan fingerprint density at radius 1 is 1.04 bits per heavy atom. The van der Waals surface area contributed by atoms with Gasteiger partial charge in [0.1, 0.15) is 0 Å². The van der Waals surface area contributed by atoms with Gasteiger partial charge in [-0.3, -0.25) is 9.52 Å². The van der Waals surface area contributed by atoms with Crippen molar-refractivity contribution in [3.8, 4) is 0 Å². The molecule has 0 bridgehead atoms. The first kappa shape index (κ1) is 20.0. The number of carbonyl (C=O) groups is 1. The molecule has 0 aliphatic carbocycles. The lowest BCUT2D eigenvalue weighted by Gasteiger charge is -2.11. The van der Waals surface area contributed by atoms with Crippen molar-refractivity contribution < 1.29 is 13.2 Å². The summed E-state index contributed by atoms with van der Waals surface area (Å²) in [5.41, 5.74) is 3.54. The molecule has 0 atom stereocenters. The number of hydrogen-bond acceptors (Lipinski definition) is 5. The fraction of sp³-hybridized carbons (Fsp3) is 0.200. The Balaban J connectivity index is 1.58. The van der Waals surface area contributed by atoms with Gasteiger partial charge in [0.05, 0.1) is 10.6 Å². The van der Waals surface area contributed by atoms with E-state index in [1.165, 1.54) is 23.5 Å². The van der Waals surface area contributed by atoms with Crippen molar-refractivity contribution in [2.75, 3.05) is 10.0 Å². The summed E-state index contributed by atoms with van der Waals surface area (Å²) in [6.45, 7) is 3.91.